The minimum atomic E-state index is -2.84. The normalized spacial score (nSPS) is 21.6. The molecule has 3 rings (SSSR count). The van der Waals surface area contributed by atoms with E-state index in [2.05, 4.69) is 5.32 Å². The Balaban J connectivity index is 1.62. The molecule has 1 aliphatic rings. The van der Waals surface area contributed by atoms with Crippen molar-refractivity contribution in [3.05, 3.63) is 36.3 Å². The van der Waals surface area contributed by atoms with Gasteiger partial charge in [0, 0.05) is 30.7 Å². The minimum Gasteiger partial charge on any atom is -0.346 e. The van der Waals surface area contributed by atoms with Crippen LogP contribution in [0.2, 0.25) is 0 Å². The highest BCUT2D eigenvalue weighted by Gasteiger charge is 2.27. The molecule has 6 heteroatoms. The van der Waals surface area contributed by atoms with Crippen LogP contribution in [0.5, 0.6) is 0 Å². The molecule has 4 nitrogen and oxygen atoms in total. The van der Waals surface area contributed by atoms with Crippen LogP contribution >= 0.6 is 0 Å². The van der Waals surface area contributed by atoms with Crippen LogP contribution in [0, 0.1) is 5.82 Å². The van der Waals surface area contributed by atoms with Crippen LogP contribution in [0.15, 0.2) is 30.5 Å². The molecule has 0 radical (unpaired) electrons. The van der Waals surface area contributed by atoms with Crippen molar-refractivity contribution in [1.82, 2.24) is 9.88 Å². The number of rotatable bonds is 4. The summed E-state index contributed by atoms with van der Waals surface area (Å²) >= 11 is 0. The number of sulfone groups is 1. The first-order valence-electron chi connectivity index (χ1n) is 6.72. The van der Waals surface area contributed by atoms with E-state index < -0.39 is 9.84 Å². The summed E-state index contributed by atoms with van der Waals surface area (Å²) in [5.41, 5.74) is 0.867. The summed E-state index contributed by atoms with van der Waals surface area (Å²) in [6.45, 7) is 1.38. The standard InChI is InChI=1S/C14H17FN2O2S/c15-13-2-1-3-14-12(13)4-7-17(14)8-6-16-11-5-9-20(18,19)10-11/h1-4,7,11,16H,5-6,8-10H2. The molecule has 20 heavy (non-hydrogen) atoms. The molecule has 1 atom stereocenters. The minimum absolute atomic E-state index is 0.0542. The maximum Gasteiger partial charge on any atom is 0.151 e. The largest absolute Gasteiger partial charge is 0.346 e. The number of halogens is 1. The van der Waals surface area contributed by atoms with E-state index in [0.29, 0.717) is 24.9 Å². The molecule has 108 valence electrons. The van der Waals surface area contributed by atoms with Gasteiger partial charge in [-0.05, 0) is 24.6 Å². The van der Waals surface area contributed by atoms with Crippen molar-refractivity contribution < 1.29 is 12.8 Å². The number of nitrogens with one attached hydrogen (secondary N) is 1. The zero-order valence-electron chi connectivity index (χ0n) is 11.0. The average molecular weight is 296 g/mol. The van der Waals surface area contributed by atoms with Gasteiger partial charge in [-0.1, -0.05) is 6.07 Å². The molecular weight excluding hydrogens is 279 g/mol. The highest BCUT2D eigenvalue weighted by molar-refractivity contribution is 7.91. The van der Waals surface area contributed by atoms with Gasteiger partial charge >= 0.3 is 0 Å². The van der Waals surface area contributed by atoms with Crippen LogP contribution in [-0.4, -0.2) is 37.1 Å². The maximum atomic E-state index is 13.6. The molecule has 1 fully saturated rings. The van der Waals surface area contributed by atoms with Gasteiger partial charge in [0.2, 0.25) is 0 Å². The molecule has 1 aliphatic heterocycles. The van der Waals surface area contributed by atoms with Crippen molar-refractivity contribution in [2.45, 2.75) is 19.0 Å². The zero-order chi connectivity index (χ0) is 14.2. The highest BCUT2D eigenvalue weighted by atomic mass is 32.2. The second kappa shape index (κ2) is 5.18. The van der Waals surface area contributed by atoms with Crippen molar-refractivity contribution in [3.8, 4) is 0 Å². The third-order valence-electron chi connectivity index (χ3n) is 3.78. The molecule has 1 N–H and O–H groups in total. The number of hydrogen-bond donors (Lipinski definition) is 1. The monoisotopic (exact) mass is 296 g/mol. The number of fused-ring (bicyclic) bond motifs is 1. The Bertz CT molecular complexity index is 724. The van der Waals surface area contributed by atoms with E-state index in [1.165, 1.54) is 6.07 Å². The van der Waals surface area contributed by atoms with Crippen LogP contribution in [0.25, 0.3) is 10.9 Å². The molecule has 1 saturated heterocycles. The fourth-order valence-electron chi connectivity index (χ4n) is 2.73. The fourth-order valence-corrected chi connectivity index (χ4v) is 4.43. The predicted molar refractivity (Wildman–Crippen MR) is 77.0 cm³/mol. The Labute approximate surface area is 117 Å². The summed E-state index contributed by atoms with van der Waals surface area (Å²) in [6.07, 6.45) is 2.55. The number of benzene rings is 1. The Morgan fingerprint density at radius 1 is 1.35 bits per heavy atom. The fraction of sp³-hybridized carbons (Fsp3) is 0.429. The summed E-state index contributed by atoms with van der Waals surface area (Å²) in [4.78, 5) is 0. The third kappa shape index (κ3) is 2.71. The quantitative estimate of drug-likeness (QED) is 0.931. The van der Waals surface area contributed by atoms with Gasteiger partial charge in [0.1, 0.15) is 5.82 Å². The zero-order valence-corrected chi connectivity index (χ0v) is 11.9. The van der Waals surface area contributed by atoms with Gasteiger partial charge in [0.15, 0.2) is 9.84 Å². The molecule has 1 unspecified atom stereocenters. The van der Waals surface area contributed by atoms with Crippen LogP contribution in [0.3, 0.4) is 0 Å². The van der Waals surface area contributed by atoms with Gasteiger partial charge < -0.3 is 9.88 Å². The SMILES string of the molecule is O=S1(=O)CCC(NCCn2ccc3c(F)cccc32)C1. The first-order chi connectivity index (χ1) is 9.55. The van der Waals surface area contributed by atoms with Gasteiger partial charge in [-0.2, -0.15) is 0 Å². The number of aromatic nitrogens is 1. The smallest absolute Gasteiger partial charge is 0.151 e. The summed E-state index contributed by atoms with van der Waals surface area (Å²) in [5.74, 6) is 0.298. The van der Waals surface area contributed by atoms with Crippen LogP contribution < -0.4 is 5.32 Å². The Kier molecular flexibility index (Phi) is 3.52. The molecule has 0 saturated carbocycles. The Hall–Kier alpha value is -1.40. The molecule has 2 aromatic rings. The van der Waals surface area contributed by atoms with Crippen LogP contribution in [-0.2, 0) is 16.4 Å². The third-order valence-corrected chi connectivity index (χ3v) is 5.55. The van der Waals surface area contributed by atoms with Gasteiger partial charge in [0.25, 0.3) is 0 Å². The van der Waals surface area contributed by atoms with Crippen molar-refractivity contribution in [2.75, 3.05) is 18.1 Å². The van der Waals surface area contributed by atoms with Crippen molar-refractivity contribution in [3.63, 3.8) is 0 Å². The van der Waals surface area contributed by atoms with Crippen LogP contribution in [0.1, 0.15) is 6.42 Å². The van der Waals surface area contributed by atoms with Gasteiger partial charge in [-0.15, -0.1) is 0 Å². The molecule has 2 heterocycles. The Morgan fingerprint density at radius 3 is 2.95 bits per heavy atom. The summed E-state index contributed by atoms with van der Waals surface area (Å²) in [7, 11) is -2.84. The van der Waals surface area contributed by atoms with E-state index >= 15 is 0 Å². The lowest BCUT2D eigenvalue weighted by Gasteiger charge is -2.11. The second-order valence-electron chi connectivity index (χ2n) is 5.24. The first-order valence-corrected chi connectivity index (χ1v) is 8.54. The molecule has 0 amide bonds. The Morgan fingerprint density at radius 2 is 2.20 bits per heavy atom. The van der Waals surface area contributed by atoms with Crippen molar-refractivity contribution in [2.24, 2.45) is 0 Å². The number of hydrogen-bond acceptors (Lipinski definition) is 3. The van der Waals surface area contributed by atoms with E-state index in [0.717, 1.165) is 5.52 Å². The lowest BCUT2D eigenvalue weighted by atomic mass is 10.2. The first kappa shape index (κ1) is 13.6. The molecule has 0 spiro atoms. The van der Waals surface area contributed by atoms with Gasteiger partial charge in [-0.3, -0.25) is 0 Å². The summed E-state index contributed by atoms with van der Waals surface area (Å²) < 4.78 is 38.3. The lowest BCUT2D eigenvalue weighted by molar-refractivity contribution is 0.524. The average Bonchev–Trinajstić information content (AvgIpc) is 2.95. The van der Waals surface area contributed by atoms with Crippen molar-refractivity contribution >= 4 is 20.7 Å². The van der Waals surface area contributed by atoms with E-state index in [1.807, 2.05) is 16.8 Å². The van der Waals surface area contributed by atoms with E-state index in [1.54, 1.807) is 12.1 Å². The predicted octanol–water partition coefficient (Wildman–Crippen LogP) is 1.56. The molecular formula is C14H17FN2O2S. The molecule has 1 aromatic carbocycles. The van der Waals surface area contributed by atoms with Crippen LogP contribution in [0.4, 0.5) is 4.39 Å². The highest BCUT2D eigenvalue weighted by Crippen LogP contribution is 2.18. The van der Waals surface area contributed by atoms with E-state index in [9.17, 15) is 12.8 Å². The molecule has 0 bridgehead atoms. The second-order valence-corrected chi connectivity index (χ2v) is 7.46. The maximum absolute atomic E-state index is 13.6. The topological polar surface area (TPSA) is 51.1 Å². The van der Waals surface area contributed by atoms with E-state index in [4.69, 9.17) is 0 Å². The molecule has 0 aliphatic carbocycles. The number of nitrogens with zero attached hydrogens (tertiary/aromatic N) is 1. The molecule has 1 aromatic heterocycles. The van der Waals surface area contributed by atoms with Gasteiger partial charge in [0.05, 0.1) is 17.0 Å². The van der Waals surface area contributed by atoms with Crippen molar-refractivity contribution in [1.29, 1.82) is 0 Å². The van der Waals surface area contributed by atoms with E-state index in [-0.39, 0.29) is 23.4 Å². The summed E-state index contributed by atoms with van der Waals surface area (Å²) in [6, 6.07) is 6.86. The summed E-state index contributed by atoms with van der Waals surface area (Å²) in [5, 5.41) is 3.88. The van der Waals surface area contributed by atoms with Gasteiger partial charge in [-0.25, -0.2) is 12.8 Å². The lowest BCUT2D eigenvalue weighted by Crippen LogP contribution is -2.32.